The van der Waals surface area contributed by atoms with Gasteiger partial charge < -0.3 is 0 Å². The van der Waals surface area contributed by atoms with Crippen LogP contribution in [0.1, 0.15) is 30.5 Å². The maximum Gasteiger partial charge on any atom is 0.0286 e. The molecule has 0 unspecified atom stereocenters. The molecule has 1 N–H and O–H groups in total. The molecule has 0 fully saturated rings. The van der Waals surface area contributed by atoms with E-state index in [9.17, 15) is 0 Å². The number of hydrogen-bond acceptors (Lipinski definition) is 2. The summed E-state index contributed by atoms with van der Waals surface area (Å²) in [7, 11) is 0. The molecule has 0 aliphatic heterocycles. The van der Waals surface area contributed by atoms with Crippen molar-refractivity contribution in [2.75, 3.05) is 0 Å². The third-order valence-electron chi connectivity index (χ3n) is 2.00. The summed E-state index contributed by atoms with van der Waals surface area (Å²) in [5, 5.41) is 0. The van der Waals surface area contributed by atoms with Crippen molar-refractivity contribution in [2.24, 2.45) is 0 Å². The van der Waals surface area contributed by atoms with E-state index in [-0.39, 0.29) is 0 Å². The van der Waals surface area contributed by atoms with Crippen molar-refractivity contribution >= 4 is 11.9 Å². The molecule has 78 valence electrons. The molecule has 0 radical (unpaired) electrons. The summed E-state index contributed by atoms with van der Waals surface area (Å²) < 4.78 is 3.38. The van der Waals surface area contributed by atoms with Gasteiger partial charge in [-0.15, -0.1) is 0 Å². The van der Waals surface area contributed by atoms with Crippen LogP contribution in [0.3, 0.4) is 0 Å². The van der Waals surface area contributed by atoms with E-state index in [1.807, 2.05) is 0 Å². The van der Waals surface area contributed by atoms with E-state index in [1.54, 1.807) is 11.9 Å². The molecule has 0 aliphatic carbocycles. The third-order valence-corrected chi connectivity index (χ3v) is 3.44. The number of nitrogens with one attached hydrogen (secondary N) is 1. The van der Waals surface area contributed by atoms with Gasteiger partial charge in [-0.1, -0.05) is 17.7 Å². The van der Waals surface area contributed by atoms with Gasteiger partial charge in [-0.05, 0) is 57.7 Å². The lowest BCUT2D eigenvalue weighted by Gasteiger charge is -2.12. The first-order valence-corrected chi connectivity index (χ1v) is 5.82. The van der Waals surface area contributed by atoms with Crippen LogP contribution in [-0.4, -0.2) is 6.04 Å². The largest absolute Gasteiger partial charge is 0.257 e. The van der Waals surface area contributed by atoms with E-state index >= 15 is 0 Å². The Morgan fingerprint density at radius 2 is 1.57 bits per heavy atom. The molecular weight excluding hydrogens is 190 g/mol. The van der Waals surface area contributed by atoms with Gasteiger partial charge in [0.1, 0.15) is 0 Å². The van der Waals surface area contributed by atoms with E-state index in [1.165, 1.54) is 21.6 Å². The van der Waals surface area contributed by atoms with Gasteiger partial charge in [0, 0.05) is 10.9 Å². The fourth-order valence-electron chi connectivity index (χ4n) is 1.50. The molecule has 0 atom stereocenters. The first-order valence-electron chi connectivity index (χ1n) is 5.01. The zero-order chi connectivity index (χ0) is 10.7. The lowest BCUT2D eigenvalue weighted by molar-refractivity contribution is 0.770. The zero-order valence-corrected chi connectivity index (χ0v) is 10.5. The number of aryl methyl sites for hydroxylation is 3. The summed E-state index contributed by atoms with van der Waals surface area (Å²) in [5.41, 5.74) is 4.06. The Bertz CT molecular complexity index is 295. The standard InChI is InChI=1S/C12H19NS/c1-8(2)13-14-12-10(4)6-9(3)7-11(12)5/h6-8,13H,1-5H3. The highest BCUT2D eigenvalue weighted by molar-refractivity contribution is 7.97. The normalized spacial score (nSPS) is 11.0. The molecule has 14 heavy (non-hydrogen) atoms. The summed E-state index contributed by atoms with van der Waals surface area (Å²) in [6, 6.07) is 4.98. The minimum atomic E-state index is 0.514. The average molecular weight is 209 g/mol. The van der Waals surface area contributed by atoms with Crippen molar-refractivity contribution < 1.29 is 0 Å². The molecule has 0 aliphatic rings. The summed E-state index contributed by atoms with van der Waals surface area (Å²) in [6.45, 7) is 10.8. The van der Waals surface area contributed by atoms with Crippen molar-refractivity contribution in [3.8, 4) is 0 Å². The summed E-state index contributed by atoms with van der Waals surface area (Å²) in [5.74, 6) is 0. The van der Waals surface area contributed by atoms with Crippen molar-refractivity contribution in [1.82, 2.24) is 4.72 Å². The van der Waals surface area contributed by atoms with Crippen molar-refractivity contribution in [2.45, 2.75) is 45.6 Å². The quantitative estimate of drug-likeness (QED) is 0.763. The fraction of sp³-hybridized carbons (Fsp3) is 0.500. The summed E-state index contributed by atoms with van der Waals surface area (Å²) in [4.78, 5) is 1.37. The highest BCUT2D eigenvalue weighted by atomic mass is 32.2. The highest BCUT2D eigenvalue weighted by Gasteiger charge is 2.04. The Morgan fingerprint density at radius 3 is 2.00 bits per heavy atom. The Hall–Kier alpha value is -0.470. The lowest BCUT2D eigenvalue weighted by atomic mass is 10.1. The molecule has 1 nitrogen and oxygen atoms in total. The predicted octanol–water partition coefficient (Wildman–Crippen LogP) is 3.62. The first kappa shape index (κ1) is 11.6. The average Bonchev–Trinajstić information content (AvgIpc) is 2.01. The van der Waals surface area contributed by atoms with Crippen LogP contribution in [0.4, 0.5) is 0 Å². The smallest absolute Gasteiger partial charge is 0.0286 e. The van der Waals surface area contributed by atoms with Crippen LogP contribution >= 0.6 is 11.9 Å². The second-order valence-corrected chi connectivity index (χ2v) is 4.95. The summed E-state index contributed by atoms with van der Waals surface area (Å²) >= 11 is 1.74. The molecular formula is C12H19NS. The van der Waals surface area contributed by atoms with Gasteiger partial charge in [-0.2, -0.15) is 0 Å². The fourth-order valence-corrected chi connectivity index (χ4v) is 2.30. The second kappa shape index (κ2) is 4.85. The van der Waals surface area contributed by atoms with E-state index in [0.717, 1.165) is 0 Å². The molecule has 2 heteroatoms. The van der Waals surface area contributed by atoms with Gasteiger partial charge in [0.2, 0.25) is 0 Å². The van der Waals surface area contributed by atoms with Crippen LogP contribution in [0.2, 0.25) is 0 Å². The first-order chi connectivity index (χ1) is 6.50. The van der Waals surface area contributed by atoms with Crippen molar-refractivity contribution in [1.29, 1.82) is 0 Å². The molecule has 0 spiro atoms. The van der Waals surface area contributed by atoms with Crippen LogP contribution < -0.4 is 4.72 Å². The van der Waals surface area contributed by atoms with E-state index < -0.39 is 0 Å². The van der Waals surface area contributed by atoms with E-state index in [2.05, 4.69) is 51.5 Å². The van der Waals surface area contributed by atoms with E-state index in [0.29, 0.717) is 6.04 Å². The van der Waals surface area contributed by atoms with Crippen LogP contribution in [0.25, 0.3) is 0 Å². The maximum absolute atomic E-state index is 3.38. The second-order valence-electron chi connectivity index (χ2n) is 4.10. The molecule has 1 aromatic rings. The number of benzene rings is 1. The Kier molecular flexibility index (Phi) is 4.02. The molecule has 1 rings (SSSR count). The van der Waals surface area contributed by atoms with Gasteiger partial charge in [-0.3, -0.25) is 4.72 Å². The highest BCUT2D eigenvalue weighted by Crippen LogP contribution is 2.25. The Labute approximate surface area is 91.4 Å². The molecule has 0 aromatic heterocycles. The van der Waals surface area contributed by atoms with Gasteiger partial charge in [0.15, 0.2) is 0 Å². The van der Waals surface area contributed by atoms with E-state index in [4.69, 9.17) is 0 Å². The SMILES string of the molecule is Cc1cc(C)c(SNC(C)C)c(C)c1. The van der Waals surface area contributed by atoms with Crippen LogP contribution in [0.5, 0.6) is 0 Å². The van der Waals surface area contributed by atoms with Crippen molar-refractivity contribution in [3.05, 3.63) is 28.8 Å². The Morgan fingerprint density at radius 1 is 1.07 bits per heavy atom. The molecule has 0 saturated heterocycles. The number of rotatable bonds is 3. The predicted molar refractivity (Wildman–Crippen MR) is 64.8 cm³/mol. The van der Waals surface area contributed by atoms with Crippen LogP contribution in [0, 0.1) is 20.8 Å². The topological polar surface area (TPSA) is 12.0 Å². The van der Waals surface area contributed by atoms with Gasteiger partial charge in [0.05, 0.1) is 0 Å². The maximum atomic E-state index is 3.38. The summed E-state index contributed by atoms with van der Waals surface area (Å²) in [6.07, 6.45) is 0. The van der Waals surface area contributed by atoms with Crippen molar-refractivity contribution in [3.63, 3.8) is 0 Å². The molecule has 0 heterocycles. The zero-order valence-electron chi connectivity index (χ0n) is 9.64. The molecule has 0 amide bonds. The molecule has 0 bridgehead atoms. The Balaban J connectivity index is 2.86. The molecule has 1 aromatic carbocycles. The van der Waals surface area contributed by atoms with Gasteiger partial charge in [0.25, 0.3) is 0 Å². The lowest BCUT2D eigenvalue weighted by Crippen LogP contribution is -2.14. The van der Waals surface area contributed by atoms with Gasteiger partial charge in [-0.25, -0.2) is 0 Å². The minimum absolute atomic E-state index is 0.514. The van der Waals surface area contributed by atoms with Crippen LogP contribution in [-0.2, 0) is 0 Å². The van der Waals surface area contributed by atoms with Crippen LogP contribution in [0.15, 0.2) is 17.0 Å². The number of hydrogen-bond donors (Lipinski definition) is 1. The molecule has 0 saturated carbocycles. The van der Waals surface area contributed by atoms with Gasteiger partial charge >= 0.3 is 0 Å². The minimum Gasteiger partial charge on any atom is -0.257 e. The third kappa shape index (κ3) is 3.03. The monoisotopic (exact) mass is 209 g/mol.